The molecule has 0 heterocycles. The highest BCUT2D eigenvalue weighted by Gasteiger charge is 2.07. The van der Waals surface area contributed by atoms with E-state index < -0.39 is 0 Å². The van der Waals surface area contributed by atoms with Gasteiger partial charge >= 0.3 is 0 Å². The van der Waals surface area contributed by atoms with Crippen LogP contribution in [0.15, 0.2) is 53.0 Å². The highest BCUT2D eigenvalue weighted by Crippen LogP contribution is 2.20. The lowest BCUT2D eigenvalue weighted by Crippen LogP contribution is -2.13. The molecule has 0 saturated heterocycles. The minimum absolute atomic E-state index is 0.00145. The van der Waals surface area contributed by atoms with Crippen LogP contribution in [0.3, 0.4) is 0 Å². The molecule has 0 aromatic heterocycles. The van der Waals surface area contributed by atoms with Gasteiger partial charge in [0.05, 0.1) is 0 Å². The molecule has 17 heavy (non-hydrogen) atoms. The molecule has 1 atom stereocenters. The van der Waals surface area contributed by atoms with Crippen molar-refractivity contribution in [1.29, 1.82) is 0 Å². The summed E-state index contributed by atoms with van der Waals surface area (Å²) in [4.78, 5) is 0. The van der Waals surface area contributed by atoms with Crippen molar-refractivity contribution < 1.29 is 0 Å². The summed E-state index contributed by atoms with van der Waals surface area (Å²) in [6.45, 7) is 0. The summed E-state index contributed by atoms with van der Waals surface area (Å²) < 4.78 is 1.07. The van der Waals surface area contributed by atoms with Gasteiger partial charge in [-0.2, -0.15) is 0 Å². The van der Waals surface area contributed by atoms with Gasteiger partial charge in [0.2, 0.25) is 0 Å². The molecule has 0 bridgehead atoms. The van der Waals surface area contributed by atoms with E-state index >= 15 is 0 Å². The number of nitrogens with two attached hydrogens (primary N) is 1. The van der Waals surface area contributed by atoms with Crippen LogP contribution in [0.1, 0.15) is 17.2 Å². The zero-order valence-corrected chi connectivity index (χ0v) is 11.6. The number of rotatable bonds is 3. The molecular formula is C14H13BrClN. The van der Waals surface area contributed by atoms with Crippen molar-refractivity contribution in [2.24, 2.45) is 5.73 Å². The van der Waals surface area contributed by atoms with Crippen molar-refractivity contribution in [2.75, 3.05) is 0 Å². The molecule has 2 N–H and O–H groups in total. The molecule has 0 amide bonds. The van der Waals surface area contributed by atoms with E-state index in [0.717, 1.165) is 27.0 Å². The first kappa shape index (κ1) is 12.6. The second kappa shape index (κ2) is 5.67. The van der Waals surface area contributed by atoms with Gasteiger partial charge in [0.1, 0.15) is 0 Å². The molecular weight excluding hydrogens is 298 g/mol. The Kier molecular flexibility index (Phi) is 4.21. The van der Waals surface area contributed by atoms with Crippen LogP contribution >= 0.6 is 27.5 Å². The number of halogens is 2. The van der Waals surface area contributed by atoms with Gasteiger partial charge in [0.25, 0.3) is 0 Å². The summed E-state index contributed by atoms with van der Waals surface area (Å²) in [5.41, 5.74) is 8.46. The molecule has 2 aromatic carbocycles. The van der Waals surface area contributed by atoms with Crippen molar-refractivity contribution in [3.63, 3.8) is 0 Å². The van der Waals surface area contributed by atoms with E-state index in [2.05, 4.69) is 15.9 Å². The Morgan fingerprint density at radius 1 is 1.12 bits per heavy atom. The smallest absolute Gasteiger partial charge is 0.0408 e. The molecule has 1 nitrogen and oxygen atoms in total. The van der Waals surface area contributed by atoms with Gasteiger partial charge in [0.15, 0.2) is 0 Å². The molecule has 0 aliphatic carbocycles. The van der Waals surface area contributed by atoms with Crippen LogP contribution in [-0.2, 0) is 6.42 Å². The summed E-state index contributed by atoms with van der Waals surface area (Å²) in [5.74, 6) is 0. The third-order valence-corrected chi connectivity index (χ3v) is 3.41. The highest BCUT2D eigenvalue weighted by molar-refractivity contribution is 9.10. The number of hydrogen-bond acceptors (Lipinski definition) is 1. The van der Waals surface area contributed by atoms with E-state index in [0.29, 0.717) is 0 Å². The van der Waals surface area contributed by atoms with Gasteiger partial charge in [-0.1, -0.05) is 51.8 Å². The second-order valence-corrected chi connectivity index (χ2v) is 5.34. The largest absolute Gasteiger partial charge is 0.324 e. The van der Waals surface area contributed by atoms with Gasteiger partial charge in [0, 0.05) is 15.5 Å². The minimum Gasteiger partial charge on any atom is -0.324 e. The van der Waals surface area contributed by atoms with Crippen molar-refractivity contribution in [3.05, 3.63) is 69.2 Å². The van der Waals surface area contributed by atoms with Crippen LogP contribution < -0.4 is 5.73 Å². The number of benzene rings is 2. The van der Waals surface area contributed by atoms with Crippen molar-refractivity contribution in [1.82, 2.24) is 0 Å². The molecule has 2 rings (SSSR count). The summed E-state index contributed by atoms with van der Waals surface area (Å²) >= 11 is 9.36. The van der Waals surface area contributed by atoms with Gasteiger partial charge in [-0.05, 0) is 41.8 Å². The molecule has 0 aliphatic rings. The summed E-state index contributed by atoms with van der Waals surface area (Å²) in [7, 11) is 0. The van der Waals surface area contributed by atoms with E-state index in [-0.39, 0.29) is 6.04 Å². The Morgan fingerprint density at radius 2 is 1.82 bits per heavy atom. The molecule has 3 heteroatoms. The first-order chi connectivity index (χ1) is 8.15. The van der Waals surface area contributed by atoms with Gasteiger partial charge in [-0.3, -0.25) is 0 Å². The lowest BCUT2D eigenvalue weighted by Gasteiger charge is -2.12. The molecule has 0 fully saturated rings. The predicted octanol–water partition coefficient (Wildman–Crippen LogP) is 4.35. The van der Waals surface area contributed by atoms with Crippen LogP contribution in [0.2, 0.25) is 5.02 Å². The van der Waals surface area contributed by atoms with Gasteiger partial charge in [-0.15, -0.1) is 0 Å². The van der Waals surface area contributed by atoms with Gasteiger partial charge < -0.3 is 5.73 Å². The van der Waals surface area contributed by atoms with Crippen molar-refractivity contribution >= 4 is 27.5 Å². The first-order valence-electron chi connectivity index (χ1n) is 5.40. The topological polar surface area (TPSA) is 26.0 Å². The fourth-order valence-electron chi connectivity index (χ4n) is 1.75. The maximum absolute atomic E-state index is 6.17. The van der Waals surface area contributed by atoms with E-state index in [1.54, 1.807) is 0 Å². The quantitative estimate of drug-likeness (QED) is 0.896. The van der Waals surface area contributed by atoms with Crippen LogP contribution in [0.25, 0.3) is 0 Å². The normalized spacial score (nSPS) is 12.4. The third-order valence-electron chi connectivity index (χ3n) is 2.64. The van der Waals surface area contributed by atoms with E-state index in [1.807, 2.05) is 48.5 Å². The maximum Gasteiger partial charge on any atom is 0.0408 e. The molecule has 0 aliphatic heterocycles. The Bertz CT molecular complexity index is 496. The fraction of sp³-hybridized carbons (Fsp3) is 0.143. The SMILES string of the molecule is NC(Cc1cccc(Cl)c1)c1ccc(Br)cc1. The average Bonchev–Trinajstić information content (AvgIpc) is 2.29. The van der Waals surface area contributed by atoms with E-state index in [4.69, 9.17) is 17.3 Å². The Hall–Kier alpha value is -0.830. The van der Waals surface area contributed by atoms with Crippen molar-refractivity contribution in [3.8, 4) is 0 Å². The summed E-state index contributed by atoms with van der Waals surface area (Å²) in [5, 5.41) is 0.755. The molecule has 0 spiro atoms. The van der Waals surface area contributed by atoms with Crippen LogP contribution in [0.5, 0.6) is 0 Å². The lowest BCUT2D eigenvalue weighted by molar-refractivity contribution is 0.722. The first-order valence-corrected chi connectivity index (χ1v) is 6.58. The predicted molar refractivity (Wildman–Crippen MR) is 76.2 cm³/mol. The Balaban J connectivity index is 2.11. The minimum atomic E-state index is 0.00145. The monoisotopic (exact) mass is 309 g/mol. The zero-order valence-electron chi connectivity index (χ0n) is 9.24. The maximum atomic E-state index is 6.17. The van der Waals surface area contributed by atoms with Crippen molar-refractivity contribution in [2.45, 2.75) is 12.5 Å². The molecule has 0 radical (unpaired) electrons. The van der Waals surface area contributed by atoms with E-state index in [9.17, 15) is 0 Å². The standard InChI is InChI=1S/C14H13BrClN/c15-12-6-4-11(5-7-12)14(17)9-10-2-1-3-13(16)8-10/h1-8,14H,9,17H2. The fourth-order valence-corrected chi connectivity index (χ4v) is 2.22. The van der Waals surface area contributed by atoms with Crippen LogP contribution in [0, 0.1) is 0 Å². The average molecular weight is 311 g/mol. The summed E-state index contributed by atoms with van der Waals surface area (Å²) in [6.07, 6.45) is 0.794. The second-order valence-electron chi connectivity index (χ2n) is 3.99. The van der Waals surface area contributed by atoms with Crippen LogP contribution in [-0.4, -0.2) is 0 Å². The lowest BCUT2D eigenvalue weighted by atomic mass is 10.00. The highest BCUT2D eigenvalue weighted by atomic mass is 79.9. The Morgan fingerprint density at radius 3 is 2.47 bits per heavy atom. The number of hydrogen-bond donors (Lipinski definition) is 1. The van der Waals surface area contributed by atoms with Crippen LogP contribution in [0.4, 0.5) is 0 Å². The molecule has 2 aromatic rings. The zero-order chi connectivity index (χ0) is 12.3. The van der Waals surface area contributed by atoms with Gasteiger partial charge in [-0.25, -0.2) is 0 Å². The summed E-state index contributed by atoms with van der Waals surface area (Å²) in [6, 6.07) is 15.9. The molecule has 0 saturated carbocycles. The molecule has 1 unspecified atom stereocenters. The third kappa shape index (κ3) is 3.56. The Labute approximate surface area is 115 Å². The molecule has 88 valence electrons. The van der Waals surface area contributed by atoms with E-state index in [1.165, 1.54) is 0 Å².